The van der Waals surface area contributed by atoms with E-state index in [1.807, 2.05) is 0 Å². The Morgan fingerprint density at radius 2 is 0.720 bits per heavy atom. The molecule has 1 rings (SSSR count). The second-order valence-corrected chi connectivity index (χ2v) is 14.6. The molecule has 0 radical (unpaired) electrons. The van der Waals surface area contributed by atoms with Crippen molar-refractivity contribution in [2.24, 2.45) is 0 Å². The molecule has 0 unspecified atom stereocenters. The first-order chi connectivity index (χ1) is 10.6. The molecule has 0 aromatic rings. The van der Waals surface area contributed by atoms with E-state index in [4.69, 9.17) is 0 Å². The number of rotatable bonds is 0. The van der Waals surface area contributed by atoms with Crippen molar-refractivity contribution in [3.8, 4) is 0 Å². The standard InChI is InChI=1S/C6F12O2.C4H9.Bi/c7-3(8,9)1(19,4(10,11)12)2(20,5(13,14)15)6(16,17)18;1-4(2)3;/h;1-3H3;/q-2;;+2. The molecule has 0 saturated carbocycles. The first-order valence-electron chi connectivity index (χ1n) is 6.01. The zero-order valence-electron chi connectivity index (χ0n) is 12.3. The van der Waals surface area contributed by atoms with Crippen molar-refractivity contribution in [3.05, 3.63) is 0 Å². The monoisotopic (exact) mass is 598 g/mol. The molecule has 1 aliphatic heterocycles. The Morgan fingerprint density at radius 3 is 0.840 bits per heavy atom. The third-order valence-electron chi connectivity index (χ3n) is 3.08. The molecule has 0 spiro atoms. The van der Waals surface area contributed by atoms with Crippen LogP contribution in [0.2, 0.25) is 3.12 Å². The Labute approximate surface area is 141 Å². The van der Waals surface area contributed by atoms with Gasteiger partial charge in [0.1, 0.15) is 0 Å². The molecule has 0 aromatic heterocycles. The van der Waals surface area contributed by atoms with E-state index in [1.165, 1.54) is 0 Å². The summed E-state index contributed by atoms with van der Waals surface area (Å²) < 4.78 is 163. The summed E-state index contributed by atoms with van der Waals surface area (Å²) in [5.74, 6) is 0. The van der Waals surface area contributed by atoms with Gasteiger partial charge in [-0.3, -0.25) is 0 Å². The average Bonchev–Trinajstić information content (AvgIpc) is 2.62. The normalized spacial score (nSPS) is 23.2. The minimum atomic E-state index is -7.11. The van der Waals surface area contributed by atoms with Crippen LogP contribution in [0.4, 0.5) is 52.7 Å². The summed E-state index contributed by atoms with van der Waals surface area (Å²) in [5.41, 5.74) is -13.2. The van der Waals surface area contributed by atoms with E-state index in [2.05, 4.69) is 5.63 Å². The van der Waals surface area contributed by atoms with Crippen LogP contribution >= 0.6 is 0 Å². The fourth-order valence-electron chi connectivity index (χ4n) is 2.00. The predicted octanol–water partition coefficient (Wildman–Crippen LogP) is 5.05. The maximum absolute atomic E-state index is 13.1. The van der Waals surface area contributed by atoms with E-state index in [0.717, 1.165) is 20.8 Å². The summed E-state index contributed by atoms with van der Waals surface area (Å²) in [6.45, 7) is 2.52. The molecule has 150 valence electrons. The van der Waals surface area contributed by atoms with Crippen LogP contribution < -0.4 is 0 Å². The second-order valence-electron chi connectivity index (χ2n) is 5.96. The molecule has 15 heteroatoms. The first-order valence-corrected chi connectivity index (χ1v) is 10.6. The third-order valence-corrected chi connectivity index (χ3v) is 10.8. The SMILES string of the molecule is C[C](C)(C)[Bi]1[O]C(C(F)(F)F)(C(F)(F)F)C(C(F)(F)F)(C(F)(F)F)[O]1. The zero-order chi connectivity index (χ0) is 20.5. The number of hydrogen-bond donors (Lipinski definition) is 0. The zero-order valence-corrected chi connectivity index (χ0v) is 15.8. The van der Waals surface area contributed by atoms with Crippen molar-refractivity contribution >= 4 is 22.6 Å². The van der Waals surface area contributed by atoms with Gasteiger partial charge in [0.25, 0.3) is 0 Å². The van der Waals surface area contributed by atoms with E-state index in [0.29, 0.717) is 0 Å². The van der Waals surface area contributed by atoms with Crippen molar-refractivity contribution in [1.82, 2.24) is 0 Å². The van der Waals surface area contributed by atoms with E-state index < -0.39 is 61.7 Å². The van der Waals surface area contributed by atoms with Crippen LogP contribution in [0.5, 0.6) is 0 Å². The van der Waals surface area contributed by atoms with Crippen LogP contribution in [0.1, 0.15) is 20.8 Å². The van der Waals surface area contributed by atoms with E-state index >= 15 is 0 Å². The first kappa shape index (κ1) is 23.0. The average molecular weight is 598 g/mol. The number of hydrogen-bond acceptors (Lipinski definition) is 2. The molecule has 1 saturated heterocycles. The molecular weight excluding hydrogens is 589 g/mol. The van der Waals surface area contributed by atoms with Crippen LogP contribution in [0.15, 0.2) is 0 Å². The summed E-state index contributed by atoms with van der Waals surface area (Å²) in [6.07, 6.45) is -28.4. The van der Waals surface area contributed by atoms with Crippen molar-refractivity contribution in [2.75, 3.05) is 0 Å². The minimum absolute atomic E-state index is 0.839. The topological polar surface area (TPSA) is 18.5 Å². The van der Waals surface area contributed by atoms with Crippen LogP contribution in [0.25, 0.3) is 0 Å². The molecule has 0 atom stereocenters. The van der Waals surface area contributed by atoms with E-state index in [9.17, 15) is 52.7 Å². The Balaban J connectivity index is 4.04. The van der Waals surface area contributed by atoms with Gasteiger partial charge in [-0.1, -0.05) is 0 Å². The Bertz CT molecular complexity index is 440. The molecular formula is C10H9BiF12O2. The van der Waals surface area contributed by atoms with Gasteiger partial charge in [-0.05, 0) is 0 Å². The molecule has 0 bridgehead atoms. The van der Waals surface area contributed by atoms with E-state index in [1.54, 1.807) is 0 Å². The second kappa shape index (κ2) is 5.73. The fraction of sp³-hybridized carbons (Fsp3) is 1.00. The van der Waals surface area contributed by atoms with Gasteiger partial charge >= 0.3 is 141 Å². The molecule has 1 heterocycles. The van der Waals surface area contributed by atoms with Crippen LogP contribution in [0, 0.1) is 0 Å². The third kappa shape index (κ3) is 3.11. The van der Waals surface area contributed by atoms with Crippen molar-refractivity contribution in [3.63, 3.8) is 0 Å². The van der Waals surface area contributed by atoms with Gasteiger partial charge < -0.3 is 0 Å². The van der Waals surface area contributed by atoms with E-state index in [-0.39, 0.29) is 0 Å². The van der Waals surface area contributed by atoms with Gasteiger partial charge in [-0.2, -0.15) is 0 Å². The van der Waals surface area contributed by atoms with Gasteiger partial charge in [0.2, 0.25) is 0 Å². The van der Waals surface area contributed by atoms with Gasteiger partial charge in [-0.25, -0.2) is 0 Å². The van der Waals surface area contributed by atoms with Crippen LogP contribution in [-0.2, 0) is 5.63 Å². The maximum atomic E-state index is 13.1. The molecule has 2 nitrogen and oxygen atoms in total. The van der Waals surface area contributed by atoms with Gasteiger partial charge in [0.15, 0.2) is 0 Å². The summed E-state index contributed by atoms with van der Waals surface area (Å²) in [4.78, 5) is 0. The molecule has 0 amide bonds. The van der Waals surface area contributed by atoms with Crippen molar-refractivity contribution < 1.29 is 58.3 Å². The molecule has 1 aliphatic rings. The van der Waals surface area contributed by atoms with Crippen molar-refractivity contribution in [2.45, 2.75) is 59.8 Å². The Kier molecular flexibility index (Phi) is 5.27. The summed E-state index contributed by atoms with van der Waals surface area (Å²) in [5, 5.41) is 0. The molecule has 25 heavy (non-hydrogen) atoms. The quantitative estimate of drug-likeness (QED) is 0.288. The molecule has 0 aromatic carbocycles. The molecule has 0 aliphatic carbocycles. The molecule has 0 N–H and O–H groups in total. The van der Waals surface area contributed by atoms with Crippen LogP contribution in [-0.4, -0.2) is 58.5 Å². The Morgan fingerprint density at radius 1 is 0.520 bits per heavy atom. The molecule has 1 fully saturated rings. The fourth-order valence-corrected chi connectivity index (χ4v) is 8.81. The predicted molar refractivity (Wildman–Crippen MR) is 57.3 cm³/mol. The van der Waals surface area contributed by atoms with Gasteiger partial charge in [-0.15, -0.1) is 0 Å². The number of halogens is 12. The summed E-state index contributed by atoms with van der Waals surface area (Å²) in [7, 11) is 0. The van der Waals surface area contributed by atoms with Crippen LogP contribution in [0.3, 0.4) is 0 Å². The van der Waals surface area contributed by atoms with Crippen molar-refractivity contribution in [1.29, 1.82) is 0 Å². The number of alkyl halides is 12. The van der Waals surface area contributed by atoms with Gasteiger partial charge in [0.05, 0.1) is 0 Å². The summed E-state index contributed by atoms with van der Waals surface area (Å²) in [6, 6.07) is 0. The summed E-state index contributed by atoms with van der Waals surface area (Å²) >= 11 is -5.59. The van der Waals surface area contributed by atoms with Gasteiger partial charge in [0, 0.05) is 0 Å². The Hall–Kier alpha value is -0.0369.